The van der Waals surface area contributed by atoms with Crippen molar-refractivity contribution in [3.63, 3.8) is 0 Å². The lowest BCUT2D eigenvalue weighted by Crippen LogP contribution is -2.45. The Morgan fingerprint density at radius 3 is 2.48 bits per heavy atom. The molecule has 122 valence electrons. The maximum Gasteiger partial charge on any atom is 0.225 e. The summed E-state index contributed by atoms with van der Waals surface area (Å²) in [7, 11) is 0. The lowest BCUT2D eigenvalue weighted by molar-refractivity contribution is -0.135. The maximum atomic E-state index is 13.5. The zero-order valence-electron chi connectivity index (χ0n) is 13.3. The highest BCUT2D eigenvalue weighted by Gasteiger charge is 2.28. The number of carbonyl (C=O) groups is 1. The molecule has 2 atom stereocenters. The Morgan fingerprint density at radius 2 is 1.90 bits per heavy atom. The summed E-state index contributed by atoms with van der Waals surface area (Å²) in [5.74, 6) is 0.993. The Bertz CT molecular complexity index is 343. The van der Waals surface area contributed by atoms with Crippen molar-refractivity contribution in [1.29, 1.82) is 0 Å². The SMILES string of the molecule is CC(C)C(=O)N1CCC(CCN2CCC(O)C(F)C2)CC1. The lowest BCUT2D eigenvalue weighted by Gasteiger charge is -2.36. The van der Waals surface area contributed by atoms with Crippen molar-refractivity contribution in [3.05, 3.63) is 0 Å². The van der Waals surface area contributed by atoms with Crippen LogP contribution in [0.3, 0.4) is 0 Å². The molecular weight excluding hydrogens is 271 g/mol. The molecule has 2 fully saturated rings. The van der Waals surface area contributed by atoms with Crippen LogP contribution in [0.15, 0.2) is 0 Å². The molecule has 2 saturated heterocycles. The van der Waals surface area contributed by atoms with E-state index in [9.17, 15) is 14.3 Å². The highest BCUT2D eigenvalue weighted by molar-refractivity contribution is 5.78. The van der Waals surface area contributed by atoms with Gasteiger partial charge in [-0.15, -0.1) is 0 Å². The van der Waals surface area contributed by atoms with Crippen LogP contribution < -0.4 is 0 Å². The van der Waals surface area contributed by atoms with E-state index in [1.165, 1.54) is 0 Å². The first-order valence-corrected chi connectivity index (χ1v) is 8.30. The molecule has 1 N–H and O–H groups in total. The molecule has 0 bridgehead atoms. The van der Waals surface area contributed by atoms with Crippen molar-refractivity contribution in [1.82, 2.24) is 9.80 Å². The van der Waals surface area contributed by atoms with Crippen LogP contribution in [-0.4, -0.2) is 65.8 Å². The number of amides is 1. The molecule has 2 heterocycles. The van der Waals surface area contributed by atoms with Gasteiger partial charge in [-0.2, -0.15) is 0 Å². The number of piperidine rings is 2. The fourth-order valence-electron chi connectivity index (χ4n) is 3.33. The van der Waals surface area contributed by atoms with Gasteiger partial charge < -0.3 is 14.9 Å². The number of halogens is 1. The molecule has 1 amide bonds. The van der Waals surface area contributed by atoms with E-state index in [2.05, 4.69) is 4.90 Å². The molecule has 0 radical (unpaired) electrons. The number of hydrogen-bond donors (Lipinski definition) is 1. The second-order valence-electron chi connectivity index (χ2n) is 6.88. The van der Waals surface area contributed by atoms with Crippen LogP contribution in [0.25, 0.3) is 0 Å². The van der Waals surface area contributed by atoms with Gasteiger partial charge in [-0.05, 0) is 38.1 Å². The van der Waals surface area contributed by atoms with E-state index in [0.29, 0.717) is 18.9 Å². The smallest absolute Gasteiger partial charge is 0.225 e. The minimum Gasteiger partial charge on any atom is -0.390 e. The van der Waals surface area contributed by atoms with Crippen LogP contribution in [-0.2, 0) is 4.79 Å². The normalized spacial score (nSPS) is 29.1. The average Bonchev–Trinajstić information content (AvgIpc) is 2.48. The number of hydrogen-bond acceptors (Lipinski definition) is 3. The van der Waals surface area contributed by atoms with Crippen LogP contribution in [0.2, 0.25) is 0 Å². The molecule has 0 aromatic carbocycles. The molecule has 2 rings (SSSR count). The summed E-state index contributed by atoms with van der Waals surface area (Å²) in [5, 5.41) is 9.40. The van der Waals surface area contributed by atoms with Gasteiger partial charge >= 0.3 is 0 Å². The van der Waals surface area contributed by atoms with Crippen molar-refractivity contribution < 1.29 is 14.3 Å². The predicted octanol–water partition coefficient (Wildman–Crippen LogP) is 1.68. The molecule has 21 heavy (non-hydrogen) atoms. The van der Waals surface area contributed by atoms with Crippen molar-refractivity contribution in [2.75, 3.05) is 32.7 Å². The molecule has 0 spiro atoms. The maximum absolute atomic E-state index is 13.5. The number of aliphatic hydroxyl groups excluding tert-OH is 1. The van der Waals surface area contributed by atoms with Crippen LogP contribution in [0.5, 0.6) is 0 Å². The molecule has 4 nitrogen and oxygen atoms in total. The summed E-state index contributed by atoms with van der Waals surface area (Å²) >= 11 is 0. The summed E-state index contributed by atoms with van der Waals surface area (Å²) in [6.07, 6.45) is 1.88. The highest BCUT2D eigenvalue weighted by Crippen LogP contribution is 2.23. The monoisotopic (exact) mass is 300 g/mol. The van der Waals surface area contributed by atoms with Crippen molar-refractivity contribution in [2.45, 2.75) is 51.8 Å². The molecule has 2 unspecified atom stereocenters. The van der Waals surface area contributed by atoms with E-state index in [1.807, 2.05) is 18.7 Å². The van der Waals surface area contributed by atoms with E-state index >= 15 is 0 Å². The van der Waals surface area contributed by atoms with Gasteiger partial charge in [0.2, 0.25) is 5.91 Å². The Labute approximate surface area is 127 Å². The minimum atomic E-state index is -1.09. The molecule has 0 aromatic heterocycles. The van der Waals surface area contributed by atoms with Crippen LogP contribution >= 0.6 is 0 Å². The lowest BCUT2D eigenvalue weighted by atomic mass is 9.92. The Hall–Kier alpha value is -0.680. The van der Waals surface area contributed by atoms with Gasteiger partial charge in [0.25, 0.3) is 0 Å². The summed E-state index contributed by atoms with van der Waals surface area (Å²) < 4.78 is 13.5. The number of alkyl halides is 1. The summed E-state index contributed by atoms with van der Waals surface area (Å²) in [4.78, 5) is 16.0. The van der Waals surface area contributed by atoms with E-state index in [-0.39, 0.29) is 11.8 Å². The van der Waals surface area contributed by atoms with Crippen molar-refractivity contribution >= 4 is 5.91 Å². The summed E-state index contributed by atoms with van der Waals surface area (Å²) in [6, 6.07) is 0. The molecule has 0 saturated carbocycles. The van der Waals surface area contributed by atoms with E-state index < -0.39 is 12.3 Å². The highest BCUT2D eigenvalue weighted by atomic mass is 19.1. The third-order valence-corrected chi connectivity index (χ3v) is 4.86. The quantitative estimate of drug-likeness (QED) is 0.859. The van der Waals surface area contributed by atoms with Crippen molar-refractivity contribution in [3.8, 4) is 0 Å². The Kier molecular flexibility index (Phi) is 5.99. The molecule has 2 aliphatic rings. The van der Waals surface area contributed by atoms with Gasteiger partial charge in [0.15, 0.2) is 0 Å². The number of likely N-dealkylation sites (tertiary alicyclic amines) is 2. The van der Waals surface area contributed by atoms with Gasteiger partial charge in [0, 0.05) is 32.1 Å². The third-order valence-electron chi connectivity index (χ3n) is 4.86. The largest absolute Gasteiger partial charge is 0.390 e. The van der Waals surface area contributed by atoms with Gasteiger partial charge in [-0.3, -0.25) is 4.79 Å². The molecular formula is C16H29FN2O2. The molecule has 0 aromatic rings. The number of rotatable bonds is 4. The fourth-order valence-corrected chi connectivity index (χ4v) is 3.33. The Balaban J connectivity index is 1.66. The first kappa shape index (κ1) is 16.7. The van der Waals surface area contributed by atoms with Gasteiger partial charge in [0.05, 0.1) is 6.10 Å². The van der Waals surface area contributed by atoms with Gasteiger partial charge in [0.1, 0.15) is 6.17 Å². The predicted molar refractivity (Wildman–Crippen MR) is 80.7 cm³/mol. The first-order chi connectivity index (χ1) is 9.97. The zero-order chi connectivity index (χ0) is 15.4. The van der Waals surface area contributed by atoms with E-state index in [0.717, 1.165) is 45.4 Å². The standard InChI is InChI=1S/C16H29FN2O2/c1-12(2)16(21)19-9-4-13(5-10-19)3-7-18-8-6-15(20)14(17)11-18/h12-15,20H,3-11H2,1-2H3. The number of nitrogens with zero attached hydrogens (tertiary/aromatic N) is 2. The second-order valence-corrected chi connectivity index (χ2v) is 6.88. The van der Waals surface area contributed by atoms with E-state index in [1.54, 1.807) is 0 Å². The number of aliphatic hydroxyl groups is 1. The third kappa shape index (κ3) is 4.65. The van der Waals surface area contributed by atoms with Crippen molar-refractivity contribution in [2.24, 2.45) is 11.8 Å². The van der Waals surface area contributed by atoms with E-state index in [4.69, 9.17) is 0 Å². The molecule has 2 aliphatic heterocycles. The zero-order valence-corrected chi connectivity index (χ0v) is 13.3. The molecule has 5 heteroatoms. The van der Waals surface area contributed by atoms with Gasteiger partial charge in [-0.1, -0.05) is 13.8 Å². The van der Waals surface area contributed by atoms with Crippen LogP contribution in [0.4, 0.5) is 4.39 Å². The average molecular weight is 300 g/mol. The first-order valence-electron chi connectivity index (χ1n) is 8.30. The minimum absolute atomic E-state index is 0.0859. The topological polar surface area (TPSA) is 43.8 Å². The summed E-state index contributed by atoms with van der Waals surface area (Å²) in [5.41, 5.74) is 0. The molecule has 0 aliphatic carbocycles. The Morgan fingerprint density at radius 1 is 1.24 bits per heavy atom. The van der Waals surface area contributed by atoms with Crippen LogP contribution in [0.1, 0.15) is 39.5 Å². The van der Waals surface area contributed by atoms with Gasteiger partial charge in [-0.25, -0.2) is 4.39 Å². The fraction of sp³-hybridized carbons (Fsp3) is 0.938. The summed E-state index contributed by atoms with van der Waals surface area (Å²) in [6.45, 7) is 7.71. The van der Waals surface area contributed by atoms with Crippen LogP contribution in [0, 0.1) is 11.8 Å². The number of carbonyl (C=O) groups excluding carboxylic acids is 1. The second kappa shape index (κ2) is 7.54.